The van der Waals surface area contributed by atoms with Crippen molar-refractivity contribution in [3.8, 4) is 11.3 Å². The molecule has 0 bridgehead atoms. The Balaban J connectivity index is 2.51. The first kappa shape index (κ1) is 15.3. The maximum Gasteiger partial charge on any atom is 0.339 e. The Morgan fingerprint density at radius 1 is 1.29 bits per heavy atom. The zero-order valence-electron chi connectivity index (χ0n) is 12.6. The third-order valence-corrected chi connectivity index (χ3v) is 3.65. The van der Waals surface area contributed by atoms with E-state index >= 15 is 0 Å². The van der Waals surface area contributed by atoms with Crippen LogP contribution in [0.1, 0.15) is 35.8 Å². The van der Waals surface area contributed by atoms with Crippen molar-refractivity contribution < 1.29 is 13.9 Å². The van der Waals surface area contributed by atoms with Gasteiger partial charge in [-0.1, -0.05) is 13.3 Å². The van der Waals surface area contributed by atoms with Crippen molar-refractivity contribution in [1.82, 2.24) is 4.57 Å². The second kappa shape index (κ2) is 6.57. The van der Waals surface area contributed by atoms with Gasteiger partial charge in [0, 0.05) is 17.9 Å². The molecule has 0 fully saturated rings. The van der Waals surface area contributed by atoms with E-state index in [-0.39, 0.29) is 11.8 Å². The summed E-state index contributed by atoms with van der Waals surface area (Å²) in [7, 11) is 1.38. The minimum Gasteiger partial charge on any atom is -0.465 e. The van der Waals surface area contributed by atoms with Gasteiger partial charge in [-0.15, -0.1) is 0 Å². The molecule has 0 spiro atoms. The lowest BCUT2D eigenvalue weighted by atomic mass is 10.1. The number of benzene rings is 1. The fraction of sp³-hybridized carbons (Fsp3) is 0.353. The normalized spacial score (nSPS) is 10.7. The fourth-order valence-corrected chi connectivity index (χ4v) is 2.43. The molecule has 2 rings (SSSR count). The summed E-state index contributed by atoms with van der Waals surface area (Å²) in [6, 6.07) is 8.14. The summed E-state index contributed by atoms with van der Waals surface area (Å²) in [5.41, 5.74) is 3.26. The van der Waals surface area contributed by atoms with Crippen LogP contribution in [0.3, 0.4) is 0 Å². The lowest BCUT2D eigenvalue weighted by Gasteiger charge is -2.11. The van der Waals surface area contributed by atoms with Crippen LogP contribution < -0.4 is 0 Å². The van der Waals surface area contributed by atoms with Gasteiger partial charge in [-0.2, -0.15) is 0 Å². The predicted octanol–water partition coefficient (Wildman–Crippen LogP) is 4.19. The molecule has 4 heteroatoms. The summed E-state index contributed by atoms with van der Waals surface area (Å²) in [4.78, 5) is 11.9. The van der Waals surface area contributed by atoms with Gasteiger partial charge in [0.25, 0.3) is 0 Å². The number of carbonyl (C=O) groups is 1. The van der Waals surface area contributed by atoms with Gasteiger partial charge in [0.2, 0.25) is 0 Å². The number of unbranched alkanes of at least 4 members (excludes halogenated alkanes) is 1. The van der Waals surface area contributed by atoms with Gasteiger partial charge in [0.1, 0.15) is 5.82 Å². The van der Waals surface area contributed by atoms with E-state index in [0.717, 1.165) is 36.3 Å². The Bertz CT molecular complexity index is 629. The Morgan fingerprint density at radius 2 is 1.95 bits per heavy atom. The zero-order valence-corrected chi connectivity index (χ0v) is 12.6. The molecule has 0 saturated carbocycles. The number of ether oxygens (including phenoxy) is 1. The van der Waals surface area contributed by atoms with Gasteiger partial charge in [-0.3, -0.25) is 0 Å². The quantitative estimate of drug-likeness (QED) is 0.773. The van der Waals surface area contributed by atoms with E-state index in [9.17, 15) is 9.18 Å². The Kier molecular flexibility index (Phi) is 4.78. The van der Waals surface area contributed by atoms with Crippen molar-refractivity contribution in [2.45, 2.75) is 33.2 Å². The monoisotopic (exact) mass is 289 g/mol. The van der Waals surface area contributed by atoms with Gasteiger partial charge >= 0.3 is 5.97 Å². The van der Waals surface area contributed by atoms with Crippen LogP contribution in [0.4, 0.5) is 4.39 Å². The summed E-state index contributed by atoms with van der Waals surface area (Å²) >= 11 is 0. The van der Waals surface area contributed by atoms with Crippen molar-refractivity contribution in [2.75, 3.05) is 7.11 Å². The average molecular weight is 289 g/mol. The standard InChI is InChI=1S/C17H20FNO2/c1-4-5-10-19-12(2)15(17(20)21-3)11-16(19)13-6-8-14(18)9-7-13/h6-9,11H,4-5,10H2,1-3H3. The lowest BCUT2D eigenvalue weighted by molar-refractivity contribution is 0.0600. The van der Waals surface area contributed by atoms with Crippen LogP contribution in [0.5, 0.6) is 0 Å². The van der Waals surface area contributed by atoms with E-state index in [0.29, 0.717) is 5.56 Å². The summed E-state index contributed by atoms with van der Waals surface area (Å²) < 4.78 is 20.0. The molecule has 0 radical (unpaired) electrons. The van der Waals surface area contributed by atoms with Crippen LogP contribution in [0, 0.1) is 12.7 Å². The van der Waals surface area contributed by atoms with E-state index in [1.165, 1.54) is 19.2 Å². The first-order valence-corrected chi connectivity index (χ1v) is 7.12. The highest BCUT2D eigenvalue weighted by Gasteiger charge is 2.18. The third kappa shape index (κ3) is 3.15. The summed E-state index contributed by atoms with van der Waals surface area (Å²) in [5.74, 6) is -0.610. The number of hydrogen-bond donors (Lipinski definition) is 0. The van der Waals surface area contributed by atoms with Gasteiger partial charge in [-0.25, -0.2) is 9.18 Å². The topological polar surface area (TPSA) is 31.2 Å². The first-order valence-electron chi connectivity index (χ1n) is 7.12. The summed E-state index contributed by atoms with van der Waals surface area (Å²) in [6.45, 7) is 4.86. The molecule has 21 heavy (non-hydrogen) atoms. The highest BCUT2D eigenvalue weighted by Crippen LogP contribution is 2.27. The van der Waals surface area contributed by atoms with Crippen molar-refractivity contribution in [3.63, 3.8) is 0 Å². The molecule has 1 aromatic heterocycles. The van der Waals surface area contributed by atoms with Gasteiger partial charge in [0.05, 0.1) is 12.7 Å². The predicted molar refractivity (Wildman–Crippen MR) is 80.8 cm³/mol. The molecule has 1 heterocycles. The molecular formula is C17H20FNO2. The lowest BCUT2D eigenvalue weighted by Crippen LogP contribution is -2.06. The number of aromatic nitrogens is 1. The Morgan fingerprint density at radius 3 is 2.52 bits per heavy atom. The van der Waals surface area contributed by atoms with E-state index in [1.54, 1.807) is 12.1 Å². The molecule has 0 amide bonds. The molecule has 0 aliphatic carbocycles. The van der Waals surface area contributed by atoms with Gasteiger partial charge in [0.15, 0.2) is 0 Å². The SMILES string of the molecule is CCCCn1c(-c2ccc(F)cc2)cc(C(=O)OC)c1C. The molecular weight excluding hydrogens is 269 g/mol. The number of esters is 1. The van der Waals surface area contributed by atoms with Gasteiger partial charge < -0.3 is 9.30 Å². The largest absolute Gasteiger partial charge is 0.465 e. The number of methoxy groups -OCH3 is 1. The Hall–Kier alpha value is -2.10. The number of rotatable bonds is 5. The van der Waals surface area contributed by atoms with E-state index in [1.807, 2.05) is 13.0 Å². The highest BCUT2D eigenvalue weighted by atomic mass is 19.1. The number of nitrogens with zero attached hydrogens (tertiary/aromatic N) is 1. The molecule has 1 aromatic carbocycles. The third-order valence-electron chi connectivity index (χ3n) is 3.65. The molecule has 0 aliphatic rings. The minimum atomic E-state index is -0.342. The molecule has 0 atom stereocenters. The first-order chi connectivity index (χ1) is 10.1. The van der Waals surface area contributed by atoms with E-state index in [4.69, 9.17) is 4.74 Å². The van der Waals surface area contributed by atoms with Crippen molar-refractivity contribution >= 4 is 5.97 Å². The molecule has 0 unspecified atom stereocenters. The van der Waals surface area contributed by atoms with Crippen LogP contribution in [0.2, 0.25) is 0 Å². The smallest absolute Gasteiger partial charge is 0.339 e. The van der Waals surface area contributed by atoms with E-state index in [2.05, 4.69) is 11.5 Å². The molecule has 2 aromatic rings. The number of hydrogen-bond acceptors (Lipinski definition) is 2. The number of carbonyl (C=O) groups excluding carboxylic acids is 1. The van der Waals surface area contributed by atoms with Gasteiger partial charge in [-0.05, 0) is 49.2 Å². The van der Waals surface area contributed by atoms with Crippen LogP contribution in [-0.4, -0.2) is 17.6 Å². The highest BCUT2D eigenvalue weighted by molar-refractivity contribution is 5.92. The molecule has 0 N–H and O–H groups in total. The average Bonchev–Trinajstić information content (AvgIpc) is 2.82. The molecule has 0 aliphatic heterocycles. The molecule has 3 nitrogen and oxygen atoms in total. The molecule has 112 valence electrons. The summed E-state index contributed by atoms with van der Waals surface area (Å²) in [5, 5.41) is 0. The molecule has 0 saturated heterocycles. The van der Waals surface area contributed by atoms with Crippen LogP contribution in [-0.2, 0) is 11.3 Å². The number of halogens is 1. The maximum atomic E-state index is 13.1. The van der Waals surface area contributed by atoms with Crippen LogP contribution in [0.25, 0.3) is 11.3 Å². The fourth-order valence-electron chi connectivity index (χ4n) is 2.43. The maximum absolute atomic E-state index is 13.1. The van der Waals surface area contributed by atoms with Crippen molar-refractivity contribution in [1.29, 1.82) is 0 Å². The summed E-state index contributed by atoms with van der Waals surface area (Å²) in [6.07, 6.45) is 2.08. The van der Waals surface area contributed by atoms with Crippen LogP contribution >= 0.6 is 0 Å². The second-order valence-corrected chi connectivity index (χ2v) is 5.03. The van der Waals surface area contributed by atoms with Crippen molar-refractivity contribution in [2.24, 2.45) is 0 Å². The van der Waals surface area contributed by atoms with Crippen LogP contribution in [0.15, 0.2) is 30.3 Å². The zero-order chi connectivity index (χ0) is 15.4. The second-order valence-electron chi connectivity index (χ2n) is 5.03. The van der Waals surface area contributed by atoms with E-state index < -0.39 is 0 Å². The van der Waals surface area contributed by atoms with Crippen molar-refractivity contribution in [3.05, 3.63) is 47.4 Å². The Labute approximate surface area is 124 Å². The minimum absolute atomic E-state index is 0.268.